The number of carboxylic acids is 1. The second kappa shape index (κ2) is 4.54. The molecule has 0 aromatic rings. The number of carboxylic acid groups (broad SMARTS) is 1. The van der Waals surface area contributed by atoms with Crippen LogP contribution in [0.1, 0.15) is 6.42 Å². The Labute approximate surface area is 63.3 Å². The fourth-order valence-electron chi connectivity index (χ4n) is 0.746. The first kappa shape index (κ1) is 9.74. The smallest absolute Gasteiger partial charge is 0.320 e. The second-order valence-corrected chi connectivity index (χ2v) is 3.04. The van der Waals surface area contributed by atoms with Crippen molar-refractivity contribution >= 4 is 17.7 Å². The molecule has 4 N–H and O–H groups in total. The summed E-state index contributed by atoms with van der Waals surface area (Å²) in [5, 5.41) is 11.3. The Morgan fingerprint density at radius 3 is 2.70 bits per heavy atom. The molecule has 1 aliphatic heterocycles. The zero-order valence-electron chi connectivity index (χ0n) is 5.46. The van der Waals surface area contributed by atoms with E-state index in [0.29, 0.717) is 0 Å². The van der Waals surface area contributed by atoms with E-state index in [1.54, 1.807) is 11.8 Å². The van der Waals surface area contributed by atoms with Crippen LogP contribution in [0.2, 0.25) is 0 Å². The van der Waals surface area contributed by atoms with E-state index in [2.05, 4.69) is 5.32 Å². The van der Waals surface area contributed by atoms with Gasteiger partial charge in [-0.25, -0.2) is 0 Å². The molecule has 10 heavy (non-hydrogen) atoms. The Kier molecular flexibility index (Phi) is 4.42. The van der Waals surface area contributed by atoms with Crippen LogP contribution in [0, 0.1) is 0 Å². The maximum Gasteiger partial charge on any atom is 0.320 e. The Bertz CT molecular complexity index is 113. The summed E-state index contributed by atoms with van der Waals surface area (Å²) in [6.45, 7) is 0. The van der Waals surface area contributed by atoms with Crippen LogP contribution in [0.25, 0.3) is 0 Å². The molecule has 5 heteroatoms. The van der Waals surface area contributed by atoms with Gasteiger partial charge < -0.3 is 10.6 Å². The summed E-state index contributed by atoms with van der Waals surface area (Å²) in [6.07, 6.45) is 0.750. The Balaban J connectivity index is 0.000000810. The van der Waals surface area contributed by atoms with Crippen molar-refractivity contribution in [3.63, 3.8) is 0 Å². The first-order valence-corrected chi connectivity index (χ1v) is 4.00. The maximum atomic E-state index is 10.3. The molecule has 0 spiro atoms. The van der Waals surface area contributed by atoms with Crippen molar-refractivity contribution in [3.8, 4) is 0 Å². The topological polar surface area (TPSA) is 80.8 Å². The lowest BCUT2D eigenvalue weighted by molar-refractivity contribution is -0.139. The maximum absolute atomic E-state index is 10.3. The molecular weight excluding hydrogens is 154 g/mol. The van der Waals surface area contributed by atoms with E-state index >= 15 is 0 Å². The normalized spacial score (nSPS) is 25.0. The number of rotatable bonds is 1. The van der Waals surface area contributed by atoms with Gasteiger partial charge in [0, 0.05) is 5.88 Å². The van der Waals surface area contributed by atoms with E-state index in [9.17, 15) is 4.79 Å². The first-order valence-electron chi connectivity index (χ1n) is 2.84. The highest BCUT2D eigenvalue weighted by Crippen LogP contribution is 2.09. The van der Waals surface area contributed by atoms with Crippen molar-refractivity contribution in [1.82, 2.24) is 5.32 Å². The van der Waals surface area contributed by atoms with Crippen LogP contribution in [-0.2, 0) is 4.79 Å². The van der Waals surface area contributed by atoms with Crippen molar-refractivity contribution in [2.45, 2.75) is 12.5 Å². The molecule has 0 radical (unpaired) electrons. The summed E-state index contributed by atoms with van der Waals surface area (Å²) in [5.41, 5.74) is 0. The van der Waals surface area contributed by atoms with E-state index in [1.165, 1.54) is 0 Å². The van der Waals surface area contributed by atoms with Crippen molar-refractivity contribution < 1.29 is 15.4 Å². The predicted molar refractivity (Wildman–Crippen MR) is 40.1 cm³/mol. The molecule has 1 fully saturated rings. The van der Waals surface area contributed by atoms with Gasteiger partial charge in [-0.15, -0.1) is 11.8 Å². The molecule has 60 valence electrons. The monoisotopic (exact) mass is 165 g/mol. The van der Waals surface area contributed by atoms with Crippen molar-refractivity contribution in [2.24, 2.45) is 0 Å². The van der Waals surface area contributed by atoms with Crippen LogP contribution in [0.4, 0.5) is 0 Å². The molecule has 0 aliphatic carbocycles. The number of hydrogen-bond donors (Lipinski definition) is 2. The molecule has 1 atom stereocenters. The summed E-state index contributed by atoms with van der Waals surface area (Å²) in [7, 11) is 0. The largest absolute Gasteiger partial charge is 0.480 e. The Morgan fingerprint density at radius 1 is 1.70 bits per heavy atom. The van der Waals surface area contributed by atoms with Crippen LogP contribution in [0.15, 0.2) is 0 Å². The minimum atomic E-state index is -0.727. The van der Waals surface area contributed by atoms with Gasteiger partial charge in [0.1, 0.15) is 6.04 Å². The third kappa shape index (κ3) is 2.55. The van der Waals surface area contributed by atoms with Gasteiger partial charge in [-0.05, 0) is 12.2 Å². The van der Waals surface area contributed by atoms with Gasteiger partial charge in [0.05, 0.1) is 0 Å². The summed E-state index contributed by atoms with van der Waals surface area (Å²) >= 11 is 1.74. The minimum absolute atomic E-state index is 0. The lowest BCUT2D eigenvalue weighted by Crippen LogP contribution is -2.39. The molecule has 4 nitrogen and oxygen atoms in total. The number of nitrogens with one attached hydrogen (secondary N) is 1. The molecule has 0 aromatic heterocycles. The van der Waals surface area contributed by atoms with Gasteiger partial charge in [-0.1, -0.05) is 0 Å². The van der Waals surface area contributed by atoms with Crippen LogP contribution >= 0.6 is 11.8 Å². The number of thioether (sulfide) groups is 1. The Morgan fingerprint density at radius 2 is 2.40 bits per heavy atom. The zero-order valence-corrected chi connectivity index (χ0v) is 6.28. The molecule has 0 amide bonds. The molecule has 1 unspecified atom stereocenters. The molecule has 1 rings (SSSR count). The highest BCUT2D eigenvalue weighted by atomic mass is 32.2. The molecule has 1 heterocycles. The van der Waals surface area contributed by atoms with Crippen LogP contribution < -0.4 is 5.32 Å². The van der Waals surface area contributed by atoms with Crippen LogP contribution in [0.3, 0.4) is 0 Å². The fraction of sp³-hybridized carbons (Fsp3) is 0.800. The van der Waals surface area contributed by atoms with Gasteiger partial charge in [-0.3, -0.25) is 10.1 Å². The molecule has 1 aliphatic rings. The van der Waals surface area contributed by atoms with Gasteiger partial charge in [0.2, 0.25) is 0 Å². The van der Waals surface area contributed by atoms with Gasteiger partial charge in [0.15, 0.2) is 0 Å². The SMILES string of the molecule is O.O=C(O)C1CCSCN1. The quantitative estimate of drug-likeness (QED) is 0.538. The van der Waals surface area contributed by atoms with E-state index < -0.39 is 5.97 Å². The van der Waals surface area contributed by atoms with Crippen molar-refractivity contribution in [2.75, 3.05) is 11.6 Å². The van der Waals surface area contributed by atoms with Crippen molar-refractivity contribution in [1.29, 1.82) is 0 Å². The number of hydrogen-bond acceptors (Lipinski definition) is 3. The van der Waals surface area contributed by atoms with E-state index in [0.717, 1.165) is 18.1 Å². The summed E-state index contributed by atoms with van der Waals surface area (Å²) in [6, 6.07) is -0.300. The lowest BCUT2D eigenvalue weighted by Gasteiger charge is -2.18. The van der Waals surface area contributed by atoms with E-state index in [1.807, 2.05) is 0 Å². The molecule has 0 aromatic carbocycles. The van der Waals surface area contributed by atoms with E-state index in [4.69, 9.17) is 5.11 Å². The van der Waals surface area contributed by atoms with Crippen molar-refractivity contribution in [3.05, 3.63) is 0 Å². The second-order valence-electron chi connectivity index (χ2n) is 1.94. The summed E-state index contributed by atoms with van der Waals surface area (Å²) < 4.78 is 0. The summed E-state index contributed by atoms with van der Waals surface area (Å²) in [4.78, 5) is 10.3. The third-order valence-corrected chi connectivity index (χ3v) is 2.18. The minimum Gasteiger partial charge on any atom is -0.480 e. The zero-order chi connectivity index (χ0) is 6.69. The molecular formula is C5H11NO3S. The number of carbonyl (C=O) groups is 1. The third-order valence-electron chi connectivity index (χ3n) is 1.28. The first-order chi connectivity index (χ1) is 4.30. The van der Waals surface area contributed by atoms with Crippen LogP contribution in [0.5, 0.6) is 0 Å². The average Bonchev–Trinajstić information content (AvgIpc) is 1.90. The Hall–Kier alpha value is -0.260. The highest BCUT2D eigenvalue weighted by Gasteiger charge is 2.18. The summed E-state index contributed by atoms with van der Waals surface area (Å²) in [5.74, 6) is 1.01. The average molecular weight is 165 g/mol. The van der Waals surface area contributed by atoms with Gasteiger partial charge >= 0.3 is 5.97 Å². The standard InChI is InChI=1S/C5H9NO2S.H2O/c7-5(8)4-1-2-9-3-6-4;/h4,6H,1-3H2,(H,7,8);1H2. The molecule has 0 saturated carbocycles. The lowest BCUT2D eigenvalue weighted by atomic mass is 10.2. The predicted octanol–water partition coefficient (Wildman–Crippen LogP) is -0.701. The fourth-order valence-corrected chi connectivity index (χ4v) is 1.61. The molecule has 1 saturated heterocycles. The number of aliphatic carboxylic acids is 1. The van der Waals surface area contributed by atoms with E-state index in [-0.39, 0.29) is 11.5 Å². The molecule has 0 bridgehead atoms. The van der Waals surface area contributed by atoms with Gasteiger partial charge in [-0.2, -0.15) is 0 Å². The van der Waals surface area contributed by atoms with Crippen LogP contribution in [-0.4, -0.2) is 34.2 Å². The van der Waals surface area contributed by atoms with Gasteiger partial charge in [0.25, 0.3) is 0 Å². The highest BCUT2D eigenvalue weighted by molar-refractivity contribution is 7.99.